The SMILES string of the molecule is O=C(O)CN1CCN(CC2CC(c3ccc(C=NNCc4cccnc4)cc3)NO2)CC1. The zero-order valence-electron chi connectivity index (χ0n) is 18.1. The number of hydrogen-bond acceptors (Lipinski definition) is 8. The maximum atomic E-state index is 10.8. The van der Waals surface area contributed by atoms with E-state index in [1.165, 1.54) is 5.56 Å². The first-order valence-electron chi connectivity index (χ1n) is 11.0. The van der Waals surface area contributed by atoms with Crippen LogP contribution in [-0.2, 0) is 16.2 Å². The minimum atomic E-state index is -0.761. The van der Waals surface area contributed by atoms with Crippen LogP contribution in [-0.4, -0.2) is 77.4 Å². The van der Waals surface area contributed by atoms with E-state index in [0.717, 1.165) is 50.3 Å². The van der Waals surface area contributed by atoms with Gasteiger partial charge < -0.3 is 10.5 Å². The molecule has 2 aliphatic rings. The summed E-state index contributed by atoms with van der Waals surface area (Å²) >= 11 is 0. The third kappa shape index (κ3) is 6.57. The summed E-state index contributed by atoms with van der Waals surface area (Å²) in [5.41, 5.74) is 9.52. The third-order valence-corrected chi connectivity index (χ3v) is 5.81. The summed E-state index contributed by atoms with van der Waals surface area (Å²) in [7, 11) is 0. The minimum absolute atomic E-state index is 0.124. The lowest BCUT2D eigenvalue weighted by atomic mass is 10.0. The normalized spacial score (nSPS) is 22.4. The topological polar surface area (TPSA) is 102 Å². The molecular formula is C23H30N6O3. The van der Waals surface area contributed by atoms with E-state index in [4.69, 9.17) is 9.94 Å². The second kappa shape index (κ2) is 11.1. The second-order valence-electron chi connectivity index (χ2n) is 8.24. The number of hydrogen-bond donors (Lipinski definition) is 3. The predicted octanol–water partition coefficient (Wildman–Crippen LogP) is 1.24. The van der Waals surface area contributed by atoms with Crippen molar-refractivity contribution in [2.75, 3.05) is 39.3 Å². The van der Waals surface area contributed by atoms with Crippen molar-refractivity contribution >= 4 is 12.2 Å². The van der Waals surface area contributed by atoms with Gasteiger partial charge in [0.15, 0.2) is 0 Å². The number of carboxylic acids is 1. The Kier molecular flexibility index (Phi) is 7.78. The molecule has 9 heteroatoms. The quantitative estimate of drug-likeness (QED) is 0.397. The number of carboxylic acid groups (broad SMARTS) is 1. The third-order valence-electron chi connectivity index (χ3n) is 5.81. The lowest BCUT2D eigenvalue weighted by molar-refractivity contribution is -0.138. The summed E-state index contributed by atoms with van der Waals surface area (Å²) in [6, 6.07) is 12.4. The maximum absolute atomic E-state index is 10.8. The first-order chi connectivity index (χ1) is 15.7. The number of nitrogens with zero attached hydrogens (tertiary/aromatic N) is 4. The largest absolute Gasteiger partial charge is 0.480 e. The lowest BCUT2D eigenvalue weighted by Gasteiger charge is -2.34. The van der Waals surface area contributed by atoms with E-state index in [-0.39, 0.29) is 18.7 Å². The van der Waals surface area contributed by atoms with Gasteiger partial charge >= 0.3 is 5.97 Å². The molecule has 32 heavy (non-hydrogen) atoms. The Morgan fingerprint density at radius 3 is 2.72 bits per heavy atom. The molecule has 2 saturated heterocycles. The maximum Gasteiger partial charge on any atom is 0.317 e. The van der Waals surface area contributed by atoms with Gasteiger partial charge in [0, 0.05) is 45.1 Å². The molecule has 0 bridgehead atoms. The van der Waals surface area contributed by atoms with E-state index >= 15 is 0 Å². The summed E-state index contributed by atoms with van der Waals surface area (Å²) in [4.78, 5) is 25.1. The number of piperazine rings is 1. The summed E-state index contributed by atoms with van der Waals surface area (Å²) < 4.78 is 0. The van der Waals surface area contributed by atoms with Crippen LogP contribution in [0, 0.1) is 0 Å². The Hall–Kier alpha value is -2.85. The molecule has 2 atom stereocenters. The molecule has 1 aromatic carbocycles. The number of pyridine rings is 1. The van der Waals surface area contributed by atoms with Gasteiger partial charge in [0.2, 0.25) is 0 Å². The van der Waals surface area contributed by atoms with Crippen molar-refractivity contribution < 1.29 is 14.7 Å². The minimum Gasteiger partial charge on any atom is -0.480 e. The van der Waals surface area contributed by atoms with Gasteiger partial charge in [0.25, 0.3) is 0 Å². The van der Waals surface area contributed by atoms with Gasteiger partial charge in [-0.3, -0.25) is 24.4 Å². The van der Waals surface area contributed by atoms with Crippen LogP contribution in [0.3, 0.4) is 0 Å². The molecule has 3 N–H and O–H groups in total. The van der Waals surface area contributed by atoms with E-state index in [0.29, 0.717) is 6.54 Å². The van der Waals surface area contributed by atoms with Crippen LogP contribution in [0.1, 0.15) is 29.2 Å². The summed E-state index contributed by atoms with van der Waals surface area (Å²) in [6.45, 7) is 4.95. The van der Waals surface area contributed by atoms with Gasteiger partial charge in [0.05, 0.1) is 31.4 Å². The number of benzene rings is 1. The zero-order chi connectivity index (χ0) is 22.2. The zero-order valence-corrected chi connectivity index (χ0v) is 18.1. The standard InChI is InChI=1S/C23H30N6O3/c30-23(31)17-29-10-8-28(9-11-29)16-21-12-22(27-32-21)20-5-3-18(4-6-20)14-25-26-15-19-2-1-7-24-13-19/h1-7,13-14,21-22,26-27H,8-12,15-17H2,(H,30,31). The molecular weight excluding hydrogens is 408 g/mol. The molecule has 0 amide bonds. The van der Waals surface area contributed by atoms with Crippen LogP contribution in [0.2, 0.25) is 0 Å². The van der Waals surface area contributed by atoms with Crippen molar-refractivity contribution in [2.45, 2.75) is 25.1 Å². The Labute approximate surface area is 188 Å². The molecule has 170 valence electrons. The summed E-state index contributed by atoms with van der Waals surface area (Å²) in [5, 5.41) is 13.2. The van der Waals surface area contributed by atoms with E-state index in [2.05, 4.69) is 50.2 Å². The molecule has 2 unspecified atom stereocenters. The van der Waals surface area contributed by atoms with Crippen molar-refractivity contribution in [3.63, 3.8) is 0 Å². The number of carbonyl (C=O) groups is 1. The van der Waals surface area contributed by atoms with E-state index in [9.17, 15) is 4.79 Å². The smallest absolute Gasteiger partial charge is 0.317 e. The van der Waals surface area contributed by atoms with E-state index in [1.807, 2.05) is 29.4 Å². The van der Waals surface area contributed by atoms with Gasteiger partial charge in [-0.15, -0.1) is 0 Å². The van der Waals surface area contributed by atoms with Crippen molar-refractivity contribution in [2.24, 2.45) is 5.10 Å². The molecule has 0 radical (unpaired) electrons. The Morgan fingerprint density at radius 2 is 2.00 bits per heavy atom. The predicted molar refractivity (Wildman–Crippen MR) is 121 cm³/mol. The number of aliphatic carboxylic acids is 1. The van der Waals surface area contributed by atoms with Crippen molar-refractivity contribution in [3.05, 3.63) is 65.5 Å². The molecule has 3 heterocycles. The summed E-state index contributed by atoms with van der Waals surface area (Å²) in [5.74, 6) is -0.761. The van der Waals surface area contributed by atoms with E-state index in [1.54, 1.807) is 6.20 Å². The van der Waals surface area contributed by atoms with Gasteiger partial charge in [-0.25, -0.2) is 0 Å². The highest BCUT2D eigenvalue weighted by atomic mass is 16.7. The molecule has 2 fully saturated rings. The van der Waals surface area contributed by atoms with Crippen molar-refractivity contribution in [1.82, 2.24) is 25.7 Å². The number of rotatable bonds is 9. The molecule has 0 aliphatic carbocycles. The number of hydrazone groups is 1. The lowest BCUT2D eigenvalue weighted by Crippen LogP contribution is -2.49. The summed E-state index contributed by atoms with van der Waals surface area (Å²) in [6.07, 6.45) is 6.43. The van der Waals surface area contributed by atoms with Gasteiger partial charge in [-0.1, -0.05) is 30.3 Å². The second-order valence-corrected chi connectivity index (χ2v) is 8.24. The number of nitrogens with one attached hydrogen (secondary N) is 2. The molecule has 1 aromatic heterocycles. The van der Waals surface area contributed by atoms with Crippen LogP contribution >= 0.6 is 0 Å². The first-order valence-corrected chi connectivity index (χ1v) is 11.0. The molecule has 4 rings (SSSR count). The first kappa shape index (κ1) is 22.3. The Bertz CT molecular complexity index is 884. The average molecular weight is 439 g/mol. The number of hydroxylamine groups is 1. The van der Waals surface area contributed by atoms with E-state index < -0.39 is 5.97 Å². The van der Waals surface area contributed by atoms with Crippen LogP contribution in [0.15, 0.2) is 53.9 Å². The molecule has 0 spiro atoms. The van der Waals surface area contributed by atoms with Crippen LogP contribution in [0.5, 0.6) is 0 Å². The van der Waals surface area contributed by atoms with Crippen LogP contribution in [0.25, 0.3) is 0 Å². The highest BCUT2D eigenvalue weighted by Gasteiger charge is 2.29. The van der Waals surface area contributed by atoms with Crippen LogP contribution < -0.4 is 10.9 Å². The Morgan fingerprint density at radius 1 is 1.22 bits per heavy atom. The molecule has 0 saturated carbocycles. The molecule has 9 nitrogen and oxygen atoms in total. The van der Waals surface area contributed by atoms with Crippen LogP contribution in [0.4, 0.5) is 0 Å². The average Bonchev–Trinajstić information content (AvgIpc) is 3.27. The van der Waals surface area contributed by atoms with Crippen molar-refractivity contribution in [1.29, 1.82) is 0 Å². The fraction of sp³-hybridized carbons (Fsp3) is 0.435. The fourth-order valence-corrected chi connectivity index (χ4v) is 4.04. The van der Waals surface area contributed by atoms with Crippen molar-refractivity contribution in [3.8, 4) is 0 Å². The molecule has 2 aliphatic heterocycles. The monoisotopic (exact) mass is 438 g/mol. The molecule has 2 aromatic rings. The number of aromatic nitrogens is 1. The highest BCUT2D eigenvalue weighted by molar-refractivity contribution is 5.79. The van der Waals surface area contributed by atoms with Gasteiger partial charge in [-0.2, -0.15) is 10.6 Å². The highest BCUT2D eigenvalue weighted by Crippen LogP contribution is 2.26. The van der Waals surface area contributed by atoms with Gasteiger partial charge in [0.1, 0.15) is 0 Å². The fourth-order valence-electron chi connectivity index (χ4n) is 4.04. The Balaban J connectivity index is 1.19. The van der Waals surface area contributed by atoms with Gasteiger partial charge in [-0.05, 0) is 29.2 Å².